The van der Waals surface area contributed by atoms with Gasteiger partial charge in [-0.1, -0.05) is 336 Å². The van der Waals surface area contributed by atoms with Gasteiger partial charge in [0.1, 0.15) is 0 Å². The molecule has 17 saturated carbocycles. The van der Waals surface area contributed by atoms with Gasteiger partial charge in [0.2, 0.25) is 0 Å². The molecule has 0 saturated heterocycles. The van der Waals surface area contributed by atoms with Gasteiger partial charge in [-0.05, 0) is 557 Å². The Morgan fingerprint density at radius 1 is 0.310 bits per heavy atom. The van der Waals surface area contributed by atoms with Crippen LogP contribution in [0.25, 0.3) is 0 Å². The Labute approximate surface area is 887 Å². The van der Waals surface area contributed by atoms with Crippen LogP contribution in [0.2, 0.25) is 0 Å². The van der Waals surface area contributed by atoms with E-state index in [1.165, 1.54) is 212 Å². The van der Waals surface area contributed by atoms with Crippen LogP contribution in [0, 0.1) is 307 Å². The van der Waals surface area contributed by atoms with E-state index in [-0.39, 0.29) is 0 Å². The van der Waals surface area contributed by atoms with Gasteiger partial charge in [-0.2, -0.15) is 0 Å². The first-order valence-electron chi connectivity index (χ1n) is 67.1. The first-order valence-corrected chi connectivity index (χ1v) is 67.1. The molecule has 0 aromatic heterocycles. The maximum atomic E-state index is 5.70. The molecule has 17 rings (SSSR count). The van der Waals surface area contributed by atoms with Crippen LogP contribution in [0.3, 0.4) is 0 Å². The van der Waals surface area contributed by atoms with Crippen LogP contribution in [-0.4, -0.2) is 0 Å². The van der Waals surface area contributed by atoms with Crippen molar-refractivity contribution in [2.24, 2.45) is 307 Å². The Kier molecular flexibility index (Phi) is 39.9. The third kappa shape index (κ3) is 26.4. The Morgan fingerprint density at radius 2 is 0.824 bits per heavy atom. The van der Waals surface area contributed by atoms with E-state index < -0.39 is 0 Å². The zero-order valence-corrected chi connectivity index (χ0v) is 99.3. The highest BCUT2D eigenvalue weighted by atomic mass is 14.7. The second kappa shape index (κ2) is 50.4. The van der Waals surface area contributed by atoms with Crippen molar-refractivity contribution in [3.05, 3.63) is 36.5 Å². The van der Waals surface area contributed by atoms with E-state index in [1.807, 2.05) is 5.57 Å². The summed E-state index contributed by atoms with van der Waals surface area (Å²) >= 11 is 0. The average Bonchev–Trinajstić information content (AvgIpc) is 0.801. The van der Waals surface area contributed by atoms with Gasteiger partial charge in [-0.25, -0.2) is 0 Å². The van der Waals surface area contributed by atoms with Crippen LogP contribution in [-0.2, 0) is 0 Å². The van der Waals surface area contributed by atoms with Crippen molar-refractivity contribution < 1.29 is 0 Å². The normalized spacial score (nSPS) is 45.4. The van der Waals surface area contributed by atoms with Crippen LogP contribution < -0.4 is 0 Å². The number of hydrogen-bond acceptors (Lipinski definition) is 0. The highest BCUT2D eigenvalue weighted by Gasteiger charge is 2.62. The minimum atomic E-state index is 0.358. The lowest BCUT2D eigenvalue weighted by molar-refractivity contribution is -0.120. The van der Waals surface area contributed by atoms with E-state index >= 15 is 0 Å². The van der Waals surface area contributed by atoms with E-state index in [4.69, 9.17) is 19.7 Å². The Hall–Kier alpha value is -0.780. The number of allylic oxidation sites excluding steroid dienone is 3. The molecule has 0 aliphatic heterocycles. The Bertz CT molecular complexity index is 3790. The molecule has 46 atom stereocenters. The van der Waals surface area contributed by atoms with Gasteiger partial charge in [0.15, 0.2) is 0 Å². The highest BCUT2D eigenvalue weighted by molar-refractivity contribution is 5.22. The molecule has 0 aromatic carbocycles. The van der Waals surface area contributed by atoms with Crippen molar-refractivity contribution in [1.82, 2.24) is 0 Å². The predicted molar refractivity (Wildman–Crippen MR) is 618 cm³/mol. The van der Waals surface area contributed by atoms with Crippen molar-refractivity contribution in [3.8, 4) is 0 Å². The molecule has 17 fully saturated rings. The van der Waals surface area contributed by atoms with Crippen molar-refractivity contribution in [2.75, 3.05) is 0 Å². The molecule has 0 heteroatoms. The molecule has 17 aliphatic carbocycles. The fourth-order valence-electron chi connectivity index (χ4n) is 45.0. The molecule has 0 N–H and O–H groups in total. The Balaban J connectivity index is 0.557. The van der Waals surface area contributed by atoms with Crippen molar-refractivity contribution in [3.63, 3.8) is 0 Å². The van der Waals surface area contributed by atoms with Gasteiger partial charge in [-0.15, -0.1) is 0 Å². The molecular formula is C142H246. The Morgan fingerprint density at radius 3 is 1.49 bits per heavy atom. The first kappa shape index (κ1) is 112. The molecule has 0 aromatic rings. The summed E-state index contributed by atoms with van der Waals surface area (Å²) in [5.41, 5.74) is 5.79. The molecule has 0 radical (unpaired) electrons. The van der Waals surface area contributed by atoms with Gasteiger partial charge in [0.25, 0.3) is 0 Å². The van der Waals surface area contributed by atoms with Crippen LogP contribution in [0.4, 0.5) is 0 Å². The predicted octanol–water partition coefficient (Wildman–Crippen LogP) is 43.3. The summed E-state index contributed by atoms with van der Waals surface area (Å²) < 4.78 is 0. The number of rotatable bonds is 41. The fraction of sp³-hybridized carbons (Fsp3) is 0.958. The van der Waals surface area contributed by atoms with E-state index in [0.29, 0.717) is 16.7 Å². The smallest absolute Gasteiger partial charge is 0.00592 e. The van der Waals surface area contributed by atoms with Crippen LogP contribution in [0.15, 0.2) is 36.5 Å². The SMILES string of the molecule is C=C(CC(C)CC(CC1CCCC1)C(C)CC)CC(CC(C)CC(=C)CC1C(C)CC(CC(=C)C23CCC4C5CCC6CC(CC7CC(C(C)CC8CCC9C(CCC%10C9CCC9C(C(C)CCCC(C)C)CCC9%10)C8)C(C)C(CC8CCC(C)C(C)C8C)C7CC7CC(C)C(C)C(C)C7C)CCC6C5CCC4C2CC(C)(C)CC3)C(CC2CCC(CC3CCCC(CC4CCCC4)C3)CC2)C1C)C(C)CC. The van der Waals surface area contributed by atoms with Gasteiger partial charge < -0.3 is 0 Å². The highest BCUT2D eigenvalue weighted by Crippen LogP contribution is 2.71. The van der Waals surface area contributed by atoms with E-state index in [9.17, 15) is 0 Å². The van der Waals surface area contributed by atoms with E-state index in [0.717, 1.165) is 290 Å². The summed E-state index contributed by atoms with van der Waals surface area (Å²) in [7, 11) is 0. The van der Waals surface area contributed by atoms with Crippen molar-refractivity contribution in [2.45, 2.75) is 550 Å². The molecule has 0 bridgehead atoms. The van der Waals surface area contributed by atoms with Crippen molar-refractivity contribution >= 4 is 0 Å². The summed E-state index contributed by atoms with van der Waals surface area (Å²) in [4.78, 5) is 0. The summed E-state index contributed by atoms with van der Waals surface area (Å²) in [5.74, 6) is 46.1. The monoisotopic (exact) mass is 1950 g/mol. The molecule has 46 unspecified atom stereocenters. The third-order valence-corrected chi connectivity index (χ3v) is 54.2. The topological polar surface area (TPSA) is 0 Å². The van der Waals surface area contributed by atoms with Crippen LogP contribution in [0.5, 0.6) is 0 Å². The lowest BCUT2D eigenvalue weighted by Gasteiger charge is -2.63. The molecule has 814 valence electrons. The lowest BCUT2D eigenvalue weighted by atomic mass is 9.41. The standard InChI is InChI=1S/C142H246/c1-26-93(9)119(68-89(5)66-90(6)70-120(94(10)27-2)79-109-38-30-31-39-109)69-91(7)67-92(8)71-135-99(15)74-122(137(106(135)22)83-111-45-43-110(44-46-111)77-113-41-33-40-112(78-113)76-108-36-28-29-37-108)75-100(16)142-63-62-133-131-55-51-118-81-115(48-53-126(118)129(131)60-61-134(133)140(142)87-141(24,25)64-65-142)82-123-86-136(107(23)138(84-116-49-42-95(11)101(17)104(116)20)139(123)85-121-73-97(13)102(18)103(19)105(121)21)98(14)72-114-47-52-125-117(80-114)50-54-130-128(125)59-58-127-124(56-57-132(127)130)96(12)35-32-34-88(3)4/h88,90-91,93-99,101-140H,5,8,16,26-87H2,1-4,6-7,9-15,17-25H3. The summed E-state index contributed by atoms with van der Waals surface area (Å²) in [6.07, 6.45) is 93.5. The molecule has 0 spiro atoms. The molecule has 17 aliphatic rings. The lowest BCUT2D eigenvalue weighted by Crippen LogP contribution is -2.55. The van der Waals surface area contributed by atoms with Crippen LogP contribution >= 0.6 is 0 Å². The second-order valence-corrected chi connectivity index (χ2v) is 63.2. The number of hydrogen-bond donors (Lipinski definition) is 0. The van der Waals surface area contributed by atoms with Crippen molar-refractivity contribution in [1.29, 1.82) is 0 Å². The largest absolute Gasteiger partial charge is 0.0998 e. The van der Waals surface area contributed by atoms with Gasteiger partial charge in [-0.3, -0.25) is 0 Å². The van der Waals surface area contributed by atoms with Gasteiger partial charge >= 0.3 is 0 Å². The summed E-state index contributed by atoms with van der Waals surface area (Å²) in [5, 5.41) is 0. The third-order valence-electron chi connectivity index (χ3n) is 54.2. The van der Waals surface area contributed by atoms with Gasteiger partial charge in [0, 0.05) is 0 Å². The molecular weight excluding hydrogens is 1710 g/mol. The van der Waals surface area contributed by atoms with Gasteiger partial charge in [0.05, 0.1) is 0 Å². The maximum absolute atomic E-state index is 5.70. The fourth-order valence-corrected chi connectivity index (χ4v) is 45.0. The summed E-state index contributed by atoms with van der Waals surface area (Å²) in [6.45, 7) is 74.8. The zero-order chi connectivity index (χ0) is 100. The molecule has 0 amide bonds. The number of fused-ring (bicyclic) bond motifs is 12. The summed E-state index contributed by atoms with van der Waals surface area (Å²) in [6, 6.07) is 0. The van der Waals surface area contributed by atoms with E-state index in [1.54, 1.807) is 197 Å². The maximum Gasteiger partial charge on any atom is -0.00592 e. The molecule has 142 heavy (non-hydrogen) atoms. The van der Waals surface area contributed by atoms with Crippen LogP contribution in [0.1, 0.15) is 550 Å². The first-order chi connectivity index (χ1) is 68.1. The minimum Gasteiger partial charge on any atom is -0.0998 e. The average molecular weight is 1950 g/mol. The van der Waals surface area contributed by atoms with E-state index in [2.05, 4.69) is 152 Å². The second-order valence-electron chi connectivity index (χ2n) is 63.2. The minimum absolute atomic E-state index is 0.358. The zero-order valence-electron chi connectivity index (χ0n) is 99.3. The quantitative estimate of drug-likeness (QED) is 0.0535. The molecule has 0 heterocycles. The molecule has 0 nitrogen and oxygen atoms in total.